The van der Waals surface area contributed by atoms with E-state index in [0.29, 0.717) is 30.5 Å². The quantitative estimate of drug-likeness (QED) is 0.407. The summed E-state index contributed by atoms with van der Waals surface area (Å²) < 4.78 is 0.926. The van der Waals surface area contributed by atoms with Gasteiger partial charge in [-0.25, -0.2) is 0 Å². The van der Waals surface area contributed by atoms with Crippen LogP contribution in [0.3, 0.4) is 0 Å². The summed E-state index contributed by atoms with van der Waals surface area (Å²) in [6.07, 6.45) is 5.76. The Morgan fingerprint density at radius 1 is 1.33 bits per heavy atom. The predicted molar refractivity (Wildman–Crippen MR) is 104 cm³/mol. The summed E-state index contributed by atoms with van der Waals surface area (Å²) in [5.74, 6) is 1.24. The molecule has 0 spiro atoms. The molecule has 0 N–H and O–H groups in total. The summed E-state index contributed by atoms with van der Waals surface area (Å²) in [6, 6.07) is 8.11. The summed E-state index contributed by atoms with van der Waals surface area (Å²) in [7, 11) is 0. The minimum absolute atomic E-state index is 0.0112. The number of carbonyl (C=O) groups is 2. The van der Waals surface area contributed by atoms with Gasteiger partial charge in [0.1, 0.15) is 5.78 Å². The van der Waals surface area contributed by atoms with E-state index in [4.69, 9.17) is 0 Å². The molecule has 2 fully saturated rings. The Hall–Kier alpha value is -1.17. The Balaban J connectivity index is 1.93. The average Bonchev–Trinajstić information content (AvgIpc) is 2.88. The molecule has 2 aliphatic heterocycles. The standard InChI is InChI=1S/C20H22INO2/c1-2-5-13-12-17(23)20(10-11-21)15-6-3-4-7-16(15)22-18(24)9-8-14(13)19(20)22/h2-4,6-7,13-14,19H,1,5,8-12H2/t13-,14?,19?,20-/m1/s1. The molecule has 3 aliphatic rings. The van der Waals surface area contributed by atoms with Crippen molar-refractivity contribution in [1.29, 1.82) is 0 Å². The number of rotatable bonds is 4. The molecule has 4 atom stereocenters. The van der Waals surface area contributed by atoms with Crippen molar-refractivity contribution in [1.82, 2.24) is 0 Å². The van der Waals surface area contributed by atoms with Crippen LogP contribution in [-0.2, 0) is 15.0 Å². The Kier molecular flexibility index (Phi) is 4.06. The number of hydrogen-bond acceptors (Lipinski definition) is 2. The topological polar surface area (TPSA) is 37.4 Å². The molecular formula is C20H22INO2. The first-order chi connectivity index (χ1) is 11.6. The lowest BCUT2D eigenvalue weighted by molar-refractivity contribution is -0.133. The number of piperidine rings is 1. The number of alkyl halides is 1. The molecule has 0 aromatic heterocycles. The highest BCUT2D eigenvalue weighted by Crippen LogP contribution is 2.58. The minimum atomic E-state index is -0.490. The Morgan fingerprint density at radius 3 is 2.88 bits per heavy atom. The number of amides is 1. The Morgan fingerprint density at radius 2 is 2.12 bits per heavy atom. The molecule has 1 aromatic rings. The molecule has 0 bridgehead atoms. The number of carbonyl (C=O) groups excluding carboxylic acids is 2. The molecular weight excluding hydrogens is 413 g/mol. The highest BCUT2D eigenvalue weighted by Gasteiger charge is 2.63. The zero-order chi connectivity index (χ0) is 16.9. The van der Waals surface area contributed by atoms with Crippen molar-refractivity contribution in [3.8, 4) is 0 Å². The monoisotopic (exact) mass is 435 g/mol. The molecule has 126 valence electrons. The fraction of sp³-hybridized carbons (Fsp3) is 0.500. The lowest BCUT2D eigenvalue weighted by Crippen LogP contribution is -2.62. The number of allylic oxidation sites excluding steroid dienone is 1. The predicted octanol–water partition coefficient (Wildman–Crippen LogP) is 4.04. The van der Waals surface area contributed by atoms with Gasteiger partial charge in [0.05, 0.1) is 11.5 Å². The fourth-order valence-corrected chi connectivity index (χ4v) is 6.28. The van der Waals surface area contributed by atoms with Crippen molar-refractivity contribution < 1.29 is 9.59 Å². The SMILES string of the molecule is C=CC[C@@H]1CC(=O)[C@@]2(CCI)c3ccccc3N3C(=O)CCC1C32. The molecule has 0 radical (unpaired) electrons. The van der Waals surface area contributed by atoms with Crippen molar-refractivity contribution in [2.24, 2.45) is 11.8 Å². The number of benzene rings is 1. The second kappa shape index (κ2) is 5.97. The first-order valence-electron chi connectivity index (χ1n) is 8.77. The van der Waals surface area contributed by atoms with E-state index in [0.717, 1.165) is 34.9 Å². The summed E-state index contributed by atoms with van der Waals surface area (Å²) in [5, 5.41) is 0. The van der Waals surface area contributed by atoms with Crippen molar-refractivity contribution >= 4 is 40.0 Å². The molecule has 1 aliphatic carbocycles. The Labute approximate surface area is 156 Å². The summed E-state index contributed by atoms with van der Waals surface area (Å²) in [6.45, 7) is 3.89. The van der Waals surface area contributed by atoms with Gasteiger partial charge in [-0.2, -0.15) is 0 Å². The molecule has 4 rings (SSSR count). The molecule has 3 nitrogen and oxygen atoms in total. The molecule has 1 saturated carbocycles. The van der Waals surface area contributed by atoms with Crippen LogP contribution in [0.2, 0.25) is 0 Å². The van der Waals surface area contributed by atoms with E-state index in [1.54, 1.807) is 0 Å². The van der Waals surface area contributed by atoms with Crippen molar-refractivity contribution in [3.63, 3.8) is 0 Å². The third-order valence-corrected chi connectivity index (χ3v) is 6.84. The number of anilines is 1. The van der Waals surface area contributed by atoms with Gasteiger partial charge in [-0.05, 0) is 42.7 Å². The highest BCUT2D eigenvalue weighted by atomic mass is 127. The third kappa shape index (κ3) is 2.01. The maximum Gasteiger partial charge on any atom is 0.227 e. The van der Waals surface area contributed by atoms with Crippen LogP contribution in [0.25, 0.3) is 0 Å². The molecule has 1 aromatic carbocycles. The fourth-order valence-electron chi connectivity index (χ4n) is 5.43. The molecule has 2 heterocycles. The summed E-state index contributed by atoms with van der Waals surface area (Å²) >= 11 is 2.37. The van der Waals surface area contributed by atoms with Gasteiger partial charge in [-0.15, -0.1) is 6.58 Å². The van der Waals surface area contributed by atoms with Crippen LogP contribution >= 0.6 is 22.6 Å². The number of fused-ring (bicyclic) bond motifs is 3. The van der Waals surface area contributed by atoms with Crippen molar-refractivity contribution in [3.05, 3.63) is 42.5 Å². The van der Waals surface area contributed by atoms with Crippen molar-refractivity contribution in [2.75, 3.05) is 9.33 Å². The van der Waals surface area contributed by atoms with Crippen LogP contribution in [0, 0.1) is 11.8 Å². The van der Waals surface area contributed by atoms with Gasteiger partial charge in [-0.1, -0.05) is 46.9 Å². The number of Topliss-reactive ketones (excluding diaryl/α,β-unsaturated/α-hetero) is 1. The first-order valence-corrected chi connectivity index (χ1v) is 10.3. The van der Waals surface area contributed by atoms with E-state index in [9.17, 15) is 9.59 Å². The molecule has 4 heteroatoms. The van der Waals surface area contributed by atoms with E-state index in [-0.39, 0.29) is 11.9 Å². The van der Waals surface area contributed by atoms with E-state index in [2.05, 4.69) is 35.2 Å². The number of nitrogens with zero attached hydrogens (tertiary/aromatic N) is 1. The van der Waals surface area contributed by atoms with Crippen LogP contribution in [0.1, 0.15) is 37.7 Å². The zero-order valence-corrected chi connectivity index (χ0v) is 15.9. The van der Waals surface area contributed by atoms with Crippen LogP contribution in [0.15, 0.2) is 36.9 Å². The van der Waals surface area contributed by atoms with Crippen LogP contribution in [0.5, 0.6) is 0 Å². The van der Waals surface area contributed by atoms with Gasteiger partial charge in [0.25, 0.3) is 0 Å². The lowest BCUT2D eigenvalue weighted by atomic mass is 9.56. The van der Waals surface area contributed by atoms with E-state index in [1.807, 2.05) is 29.2 Å². The zero-order valence-electron chi connectivity index (χ0n) is 13.7. The maximum absolute atomic E-state index is 13.4. The number of hydrogen-bond donors (Lipinski definition) is 0. The summed E-state index contributed by atoms with van der Waals surface area (Å²) in [4.78, 5) is 28.2. The van der Waals surface area contributed by atoms with Crippen LogP contribution < -0.4 is 4.90 Å². The van der Waals surface area contributed by atoms with Crippen LogP contribution in [0.4, 0.5) is 5.69 Å². The molecule has 1 amide bonds. The average molecular weight is 435 g/mol. The lowest BCUT2D eigenvalue weighted by Gasteiger charge is -2.51. The highest BCUT2D eigenvalue weighted by molar-refractivity contribution is 14.1. The van der Waals surface area contributed by atoms with Crippen LogP contribution in [-0.4, -0.2) is 22.2 Å². The Bertz CT molecular complexity index is 715. The van der Waals surface area contributed by atoms with Gasteiger partial charge in [-0.3, -0.25) is 9.59 Å². The minimum Gasteiger partial charge on any atom is -0.307 e. The van der Waals surface area contributed by atoms with E-state index >= 15 is 0 Å². The largest absolute Gasteiger partial charge is 0.307 e. The second-order valence-corrected chi connectivity index (χ2v) is 8.33. The number of ketones is 1. The second-order valence-electron chi connectivity index (χ2n) is 7.25. The maximum atomic E-state index is 13.4. The van der Waals surface area contributed by atoms with E-state index < -0.39 is 5.41 Å². The molecule has 24 heavy (non-hydrogen) atoms. The van der Waals surface area contributed by atoms with Crippen molar-refractivity contribution in [2.45, 2.75) is 43.6 Å². The normalized spacial score (nSPS) is 34.0. The van der Waals surface area contributed by atoms with Gasteiger partial charge in [0, 0.05) is 23.0 Å². The van der Waals surface area contributed by atoms with Gasteiger partial charge < -0.3 is 4.90 Å². The molecule has 2 unspecified atom stereocenters. The number of para-hydroxylation sites is 1. The van der Waals surface area contributed by atoms with Gasteiger partial charge in [0.2, 0.25) is 5.91 Å². The van der Waals surface area contributed by atoms with Gasteiger partial charge in [0.15, 0.2) is 0 Å². The third-order valence-electron chi connectivity index (χ3n) is 6.30. The van der Waals surface area contributed by atoms with Gasteiger partial charge >= 0.3 is 0 Å². The van der Waals surface area contributed by atoms with E-state index in [1.165, 1.54) is 0 Å². The molecule has 1 saturated heterocycles. The first kappa shape index (κ1) is 16.3. The summed E-state index contributed by atoms with van der Waals surface area (Å²) in [5.41, 5.74) is 1.58. The smallest absolute Gasteiger partial charge is 0.227 e. The number of halogens is 1.